The highest BCUT2D eigenvalue weighted by Crippen LogP contribution is 2.21. The second-order valence-electron chi connectivity index (χ2n) is 6.94. The van der Waals surface area contributed by atoms with E-state index < -0.39 is 0 Å². The number of aromatic nitrogens is 3. The van der Waals surface area contributed by atoms with Crippen molar-refractivity contribution in [1.82, 2.24) is 19.9 Å². The number of pyridine rings is 1. The summed E-state index contributed by atoms with van der Waals surface area (Å²) in [6.45, 7) is 6.32. The highest BCUT2D eigenvalue weighted by atomic mass is 15.2. The van der Waals surface area contributed by atoms with Gasteiger partial charge in [-0.1, -0.05) is 18.2 Å². The van der Waals surface area contributed by atoms with Gasteiger partial charge < -0.3 is 14.8 Å². The van der Waals surface area contributed by atoms with Crippen LogP contribution >= 0.6 is 0 Å². The van der Waals surface area contributed by atoms with Crippen LogP contribution in [0.1, 0.15) is 30.8 Å². The summed E-state index contributed by atoms with van der Waals surface area (Å²) >= 11 is 0. The molecule has 1 aromatic carbocycles. The van der Waals surface area contributed by atoms with Gasteiger partial charge in [-0.2, -0.15) is 0 Å². The summed E-state index contributed by atoms with van der Waals surface area (Å²) in [5.41, 5.74) is 2.46. The van der Waals surface area contributed by atoms with Crippen LogP contribution in [0, 0.1) is 6.92 Å². The van der Waals surface area contributed by atoms with Gasteiger partial charge in [0.2, 0.25) is 0 Å². The lowest BCUT2D eigenvalue weighted by Gasteiger charge is -2.21. The molecule has 0 bridgehead atoms. The van der Waals surface area contributed by atoms with Crippen LogP contribution in [0.2, 0.25) is 0 Å². The van der Waals surface area contributed by atoms with E-state index in [0.29, 0.717) is 12.1 Å². The van der Waals surface area contributed by atoms with E-state index in [9.17, 15) is 0 Å². The lowest BCUT2D eigenvalue weighted by molar-refractivity contribution is 0.481. The van der Waals surface area contributed by atoms with E-state index in [1.165, 1.54) is 5.56 Å². The standard InChI is InChI=1S/C21H25N5/c1-16(18-6-8-20(9-7-18)26-14-12-22-17(26)2)24-19-10-13-25(15-19)21-5-3-4-11-23-21/h3-9,11-12,14,16,19,24H,10,13,15H2,1-2H3. The van der Waals surface area contributed by atoms with Gasteiger partial charge in [-0.3, -0.25) is 0 Å². The molecule has 5 heteroatoms. The molecule has 134 valence electrons. The van der Waals surface area contributed by atoms with Crippen LogP contribution < -0.4 is 10.2 Å². The molecule has 1 fully saturated rings. The topological polar surface area (TPSA) is 46.0 Å². The van der Waals surface area contributed by atoms with Gasteiger partial charge in [-0.25, -0.2) is 9.97 Å². The van der Waals surface area contributed by atoms with E-state index in [1.54, 1.807) is 0 Å². The number of hydrogen-bond acceptors (Lipinski definition) is 4. The Balaban J connectivity index is 1.38. The summed E-state index contributed by atoms with van der Waals surface area (Å²) < 4.78 is 2.10. The Bertz CT molecular complexity index is 840. The predicted octanol–water partition coefficient (Wildman–Crippen LogP) is 3.51. The number of nitrogens with one attached hydrogen (secondary N) is 1. The van der Waals surface area contributed by atoms with Crippen molar-refractivity contribution < 1.29 is 0 Å². The molecular weight excluding hydrogens is 322 g/mol. The van der Waals surface area contributed by atoms with Gasteiger partial charge in [0.25, 0.3) is 0 Å². The molecule has 1 saturated heterocycles. The number of rotatable bonds is 5. The zero-order valence-corrected chi connectivity index (χ0v) is 15.3. The maximum atomic E-state index is 4.46. The smallest absolute Gasteiger partial charge is 0.128 e. The molecule has 0 amide bonds. The van der Waals surface area contributed by atoms with E-state index in [0.717, 1.165) is 36.8 Å². The summed E-state index contributed by atoms with van der Waals surface area (Å²) in [4.78, 5) is 11.1. The molecule has 1 aliphatic rings. The summed E-state index contributed by atoms with van der Waals surface area (Å²) in [5, 5.41) is 3.77. The number of imidazole rings is 1. The molecule has 3 heterocycles. The number of anilines is 1. The highest BCUT2D eigenvalue weighted by molar-refractivity contribution is 5.40. The largest absolute Gasteiger partial charge is 0.355 e. The molecule has 2 aromatic heterocycles. The maximum Gasteiger partial charge on any atom is 0.128 e. The molecule has 0 saturated carbocycles. The Morgan fingerprint density at radius 2 is 1.92 bits per heavy atom. The average molecular weight is 347 g/mol. The zero-order chi connectivity index (χ0) is 17.9. The van der Waals surface area contributed by atoms with Crippen LogP contribution in [-0.2, 0) is 0 Å². The van der Waals surface area contributed by atoms with Crippen molar-refractivity contribution in [3.05, 3.63) is 72.4 Å². The van der Waals surface area contributed by atoms with Crippen molar-refractivity contribution in [3.8, 4) is 5.69 Å². The fraction of sp³-hybridized carbons (Fsp3) is 0.333. The molecule has 0 radical (unpaired) electrons. The van der Waals surface area contributed by atoms with Gasteiger partial charge in [-0.05, 0) is 50.1 Å². The van der Waals surface area contributed by atoms with Crippen LogP contribution in [0.5, 0.6) is 0 Å². The van der Waals surface area contributed by atoms with Crippen molar-refractivity contribution in [2.45, 2.75) is 32.4 Å². The van der Waals surface area contributed by atoms with Gasteiger partial charge in [0.1, 0.15) is 11.6 Å². The van der Waals surface area contributed by atoms with E-state index >= 15 is 0 Å². The van der Waals surface area contributed by atoms with E-state index in [-0.39, 0.29) is 0 Å². The molecule has 1 N–H and O–H groups in total. The van der Waals surface area contributed by atoms with Gasteiger partial charge in [0.05, 0.1) is 0 Å². The minimum Gasteiger partial charge on any atom is -0.355 e. The normalized spacial score (nSPS) is 18.2. The third-order valence-corrected chi connectivity index (χ3v) is 5.14. The third-order valence-electron chi connectivity index (χ3n) is 5.14. The minimum atomic E-state index is 0.321. The van der Waals surface area contributed by atoms with Crippen LogP contribution in [0.3, 0.4) is 0 Å². The van der Waals surface area contributed by atoms with Gasteiger partial charge in [0.15, 0.2) is 0 Å². The lowest BCUT2D eigenvalue weighted by atomic mass is 10.1. The Labute approximate surface area is 154 Å². The monoisotopic (exact) mass is 347 g/mol. The van der Waals surface area contributed by atoms with Crippen LogP contribution in [0.15, 0.2) is 61.1 Å². The van der Waals surface area contributed by atoms with E-state index in [1.807, 2.05) is 31.6 Å². The molecule has 5 nitrogen and oxygen atoms in total. The molecule has 0 aliphatic carbocycles. The molecule has 0 spiro atoms. The number of nitrogens with zero attached hydrogens (tertiary/aromatic N) is 4. The second-order valence-corrected chi connectivity index (χ2v) is 6.94. The van der Waals surface area contributed by atoms with Crippen LogP contribution in [0.4, 0.5) is 5.82 Å². The number of hydrogen-bond donors (Lipinski definition) is 1. The van der Waals surface area contributed by atoms with Gasteiger partial charge >= 0.3 is 0 Å². The fourth-order valence-corrected chi connectivity index (χ4v) is 3.67. The Morgan fingerprint density at radius 1 is 1.08 bits per heavy atom. The maximum absolute atomic E-state index is 4.46. The summed E-state index contributed by atoms with van der Waals surface area (Å²) in [5.74, 6) is 2.08. The van der Waals surface area contributed by atoms with Crippen molar-refractivity contribution >= 4 is 5.82 Å². The molecule has 2 unspecified atom stereocenters. The summed E-state index contributed by atoms with van der Waals surface area (Å²) in [7, 11) is 0. The highest BCUT2D eigenvalue weighted by Gasteiger charge is 2.24. The first-order valence-corrected chi connectivity index (χ1v) is 9.23. The molecular formula is C21H25N5. The molecule has 1 aliphatic heterocycles. The Morgan fingerprint density at radius 3 is 2.62 bits per heavy atom. The van der Waals surface area contributed by atoms with Crippen molar-refractivity contribution in [2.75, 3.05) is 18.0 Å². The molecule has 3 aromatic rings. The minimum absolute atomic E-state index is 0.321. The quantitative estimate of drug-likeness (QED) is 0.767. The van der Waals surface area contributed by atoms with Crippen LogP contribution in [0.25, 0.3) is 5.69 Å². The van der Waals surface area contributed by atoms with Crippen LogP contribution in [-0.4, -0.2) is 33.7 Å². The average Bonchev–Trinajstić information content (AvgIpc) is 3.32. The molecule has 4 rings (SSSR count). The van der Waals surface area contributed by atoms with Crippen molar-refractivity contribution in [3.63, 3.8) is 0 Å². The van der Waals surface area contributed by atoms with Crippen molar-refractivity contribution in [2.24, 2.45) is 0 Å². The first-order valence-electron chi connectivity index (χ1n) is 9.23. The Hall–Kier alpha value is -2.66. The lowest BCUT2D eigenvalue weighted by Crippen LogP contribution is -2.34. The fourth-order valence-electron chi connectivity index (χ4n) is 3.67. The zero-order valence-electron chi connectivity index (χ0n) is 15.3. The van der Waals surface area contributed by atoms with Crippen molar-refractivity contribution in [1.29, 1.82) is 0 Å². The van der Waals surface area contributed by atoms with Gasteiger partial charge in [0, 0.05) is 49.5 Å². The number of benzene rings is 1. The Kier molecular flexibility index (Phi) is 4.71. The van der Waals surface area contributed by atoms with E-state index in [2.05, 4.69) is 68.1 Å². The SMILES string of the molecule is Cc1nccn1-c1ccc(C(C)NC2CCN(c3ccccn3)C2)cc1. The number of aryl methyl sites for hydroxylation is 1. The first-order chi connectivity index (χ1) is 12.7. The van der Waals surface area contributed by atoms with Gasteiger partial charge in [-0.15, -0.1) is 0 Å². The second kappa shape index (κ2) is 7.30. The molecule has 26 heavy (non-hydrogen) atoms. The summed E-state index contributed by atoms with van der Waals surface area (Å²) in [6, 6.07) is 15.7. The molecule has 2 atom stereocenters. The first kappa shape index (κ1) is 16.8. The summed E-state index contributed by atoms with van der Waals surface area (Å²) in [6.07, 6.45) is 6.84. The third kappa shape index (κ3) is 3.48. The predicted molar refractivity (Wildman–Crippen MR) is 105 cm³/mol. The van der Waals surface area contributed by atoms with E-state index in [4.69, 9.17) is 0 Å².